The van der Waals surface area contributed by atoms with Crippen LogP contribution in [-0.4, -0.2) is 15.3 Å². The van der Waals surface area contributed by atoms with E-state index >= 15 is 0 Å². The summed E-state index contributed by atoms with van der Waals surface area (Å²) in [4.78, 5) is 0. The first-order chi connectivity index (χ1) is 13.6. The predicted octanol–water partition coefficient (Wildman–Crippen LogP) is 7.64. The van der Waals surface area contributed by atoms with Crippen LogP contribution in [0.5, 0.6) is 17.2 Å². The Kier molecular flexibility index (Phi) is 8.73. The lowest BCUT2D eigenvalue weighted by molar-refractivity contribution is 0.356. The molecule has 0 heterocycles. The number of aromatic hydroxyl groups is 3. The van der Waals surface area contributed by atoms with Crippen LogP contribution >= 0.6 is 0 Å². The molecule has 0 spiro atoms. The Morgan fingerprint density at radius 1 is 0.793 bits per heavy atom. The summed E-state index contributed by atoms with van der Waals surface area (Å²) in [7, 11) is 0. The Morgan fingerprint density at radius 2 is 1.38 bits per heavy atom. The average molecular weight is 405 g/mol. The van der Waals surface area contributed by atoms with Gasteiger partial charge in [-0.25, -0.2) is 0 Å². The minimum atomic E-state index is -0.367. The van der Waals surface area contributed by atoms with Gasteiger partial charge in [-0.1, -0.05) is 66.2 Å². The second-order valence-electron chi connectivity index (χ2n) is 10.9. The zero-order valence-electron chi connectivity index (χ0n) is 19.3. The van der Waals surface area contributed by atoms with Crippen molar-refractivity contribution in [3.05, 3.63) is 17.2 Å². The second kappa shape index (κ2) is 10.6. The molecule has 3 nitrogen and oxygen atoms in total. The van der Waals surface area contributed by atoms with Crippen LogP contribution in [0, 0.1) is 10.8 Å². The lowest BCUT2D eigenvalue weighted by atomic mass is 9.89. The molecule has 0 atom stereocenters. The summed E-state index contributed by atoms with van der Waals surface area (Å²) in [6.07, 6.45) is 16.4. The monoisotopic (exact) mass is 404 g/mol. The van der Waals surface area contributed by atoms with Crippen LogP contribution in [0.3, 0.4) is 0 Å². The average Bonchev–Trinajstić information content (AvgIpc) is 3.37. The maximum absolute atomic E-state index is 10.4. The highest BCUT2D eigenvalue weighted by Gasteiger charge is 2.35. The van der Waals surface area contributed by atoms with Crippen molar-refractivity contribution in [1.82, 2.24) is 0 Å². The summed E-state index contributed by atoms with van der Waals surface area (Å²) in [5.74, 6) is -0.682. The fraction of sp³-hybridized carbons (Fsp3) is 0.769. The molecule has 0 radical (unpaired) electrons. The minimum Gasteiger partial charge on any atom is -0.504 e. The fourth-order valence-corrected chi connectivity index (χ4v) is 4.23. The topological polar surface area (TPSA) is 60.7 Å². The lowest BCUT2D eigenvalue weighted by Crippen LogP contribution is -2.04. The highest BCUT2D eigenvalue weighted by atomic mass is 16.3. The lowest BCUT2D eigenvalue weighted by Gasteiger charge is -2.17. The molecular weight excluding hydrogens is 360 g/mol. The van der Waals surface area contributed by atoms with Crippen LogP contribution in [-0.2, 0) is 12.8 Å². The molecule has 3 heteroatoms. The summed E-state index contributed by atoms with van der Waals surface area (Å²) in [6.45, 7) is 9.23. The maximum Gasteiger partial charge on any atom is 0.200 e. The summed E-state index contributed by atoms with van der Waals surface area (Å²) < 4.78 is 0. The number of benzene rings is 1. The van der Waals surface area contributed by atoms with Gasteiger partial charge in [0.15, 0.2) is 11.5 Å². The zero-order valence-corrected chi connectivity index (χ0v) is 19.3. The summed E-state index contributed by atoms with van der Waals surface area (Å²) in [5.41, 5.74) is 2.88. The quantitative estimate of drug-likeness (QED) is 0.234. The molecule has 0 bridgehead atoms. The fourth-order valence-electron chi connectivity index (χ4n) is 4.23. The van der Waals surface area contributed by atoms with Gasteiger partial charge in [-0.15, -0.1) is 0 Å². The molecule has 0 unspecified atom stereocenters. The molecule has 0 saturated heterocycles. The summed E-state index contributed by atoms with van der Waals surface area (Å²) >= 11 is 0. The third-order valence-corrected chi connectivity index (χ3v) is 6.63. The molecule has 2 rings (SSSR count). The number of phenolic OH excluding ortho intramolecular Hbond substituents is 3. The predicted molar refractivity (Wildman–Crippen MR) is 122 cm³/mol. The first kappa shape index (κ1) is 23.9. The molecule has 0 aliphatic heterocycles. The Bertz CT molecular complexity index is 638. The Balaban J connectivity index is 1.78. The normalized spacial score (nSPS) is 15.6. The van der Waals surface area contributed by atoms with Gasteiger partial charge in [-0.3, -0.25) is 0 Å². The van der Waals surface area contributed by atoms with E-state index in [4.69, 9.17) is 0 Å². The highest BCUT2D eigenvalue weighted by molar-refractivity contribution is 5.57. The van der Waals surface area contributed by atoms with Gasteiger partial charge in [0.2, 0.25) is 5.75 Å². The van der Waals surface area contributed by atoms with E-state index in [1.54, 1.807) is 6.07 Å². The smallest absolute Gasteiger partial charge is 0.200 e. The molecule has 166 valence electrons. The summed E-state index contributed by atoms with van der Waals surface area (Å²) in [6, 6.07) is 1.66. The third kappa shape index (κ3) is 8.48. The van der Waals surface area contributed by atoms with E-state index < -0.39 is 0 Å². The molecule has 1 aromatic rings. The van der Waals surface area contributed by atoms with Crippen molar-refractivity contribution >= 4 is 0 Å². The molecule has 1 aliphatic carbocycles. The Hall–Kier alpha value is -1.38. The Labute approximate surface area is 178 Å². The van der Waals surface area contributed by atoms with Crippen LogP contribution < -0.4 is 0 Å². The zero-order chi connectivity index (χ0) is 21.5. The molecule has 3 N–H and O–H groups in total. The van der Waals surface area contributed by atoms with Crippen LogP contribution in [0.1, 0.15) is 116 Å². The van der Waals surface area contributed by atoms with E-state index in [1.165, 1.54) is 57.8 Å². The van der Waals surface area contributed by atoms with Gasteiger partial charge in [0.25, 0.3) is 0 Å². The standard InChI is InChI=1S/C26H44O3/c1-25(2,3)15-11-7-6-10-14-21-20(19-22(27)24(29)23(21)28)13-9-5-8-12-16-26(4)17-18-26/h19,27-29H,5-18H2,1-4H3. The van der Waals surface area contributed by atoms with Crippen molar-refractivity contribution in [3.63, 3.8) is 0 Å². The molecule has 0 amide bonds. The first-order valence-corrected chi connectivity index (χ1v) is 11.9. The molecule has 1 aliphatic rings. The number of aryl methyl sites for hydroxylation is 1. The van der Waals surface area contributed by atoms with Crippen LogP contribution in [0.15, 0.2) is 6.07 Å². The number of phenols is 3. The van der Waals surface area contributed by atoms with Gasteiger partial charge < -0.3 is 15.3 Å². The van der Waals surface area contributed by atoms with E-state index in [9.17, 15) is 15.3 Å². The van der Waals surface area contributed by atoms with Gasteiger partial charge in [-0.2, -0.15) is 0 Å². The van der Waals surface area contributed by atoms with Crippen molar-refractivity contribution in [3.8, 4) is 17.2 Å². The van der Waals surface area contributed by atoms with E-state index in [-0.39, 0.29) is 17.2 Å². The second-order valence-corrected chi connectivity index (χ2v) is 10.9. The highest BCUT2D eigenvalue weighted by Crippen LogP contribution is 2.49. The number of unbranched alkanes of at least 4 members (excludes halogenated alkanes) is 6. The minimum absolute atomic E-state index is 0.114. The molecule has 1 saturated carbocycles. The van der Waals surface area contributed by atoms with Crippen LogP contribution in [0.25, 0.3) is 0 Å². The molecular formula is C26H44O3. The molecule has 0 aromatic heterocycles. The van der Waals surface area contributed by atoms with E-state index in [0.29, 0.717) is 10.8 Å². The van der Waals surface area contributed by atoms with Gasteiger partial charge in [0, 0.05) is 5.56 Å². The number of rotatable bonds is 13. The molecule has 1 fully saturated rings. The molecule has 1 aromatic carbocycles. The molecule has 29 heavy (non-hydrogen) atoms. The van der Waals surface area contributed by atoms with Gasteiger partial charge >= 0.3 is 0 Å². The first-order valence-electron chi connectivity index (χ1n) is 11.9. The number of hydrogen-bond donors (Lipinski definition) is 3. The van der Waals surface area contributed by atoms with Crippen molar-refractivity contribution in [1.29, 1.82) is 0 Å². The van der Waals surface area contributed by atoms with Crippen molar-refractivity contribution in [2.45, 2.75) is 118 Å². The van der Waals surface area contributed by atoms with Crippen LogP contribution in [0.4, 0.5) is 0 Å². The SMILES string of the molecule is CC(C)(C)CCCCCCc1c(CCCCCCC2(C)CC2)cc(O)c(O)c1O. The van der Waals surface area contributed by atoms with Gasteiger partial charge in [0.05, 0.1) is 0 Å². The van der Waals surface area contributed by atoms with Crippen molar-refractivity contribution < 1.29 is 15.3 Å². The third-order valence-electron chi connectivity index (χ3n) is 6.63. The van der Waals surface area contributed by atoms with Gasteiger partial charge in [0.1, 0.15) is 0 Å². The van der Waals surface area contributed by atoms with Crippen LogP contribution in [0.2, 0.25) is 0 Å². The van der Waals surface area contributed by atoms with E-state index in [2.05, 4.69) is 27.7 Å². The van der Waals surface area contributed by atoms with E-state index in [1.807, 2.05) is 0 Å². The largest absolute Gasteiger partial charge is 0.504 e. The van der Waals surface area contributed by atoms with E-state index in [0.717, 1.165) is 43.2 Å². The van der Waals surface area contributed by atoms with Crippen molar-refractivity contribution in [2.75, 3.05) is 0 Å². The van der Waals surface area contributed by atoms with Gasteiger partial charge in [-0.05, 0) is 73.8 Å². The number of hydrogen-bond acceptors (Lipinski definition) is 3. The maximum atomic E-state index is 10.4. The summed E-state index contributed by atoms with van der Waals surface area (Å²) in [5, 5.41) is 30.3. The van der Waals surface area contributed by atoms with Crippen molar-refractivity contribution in [2.24, 2.45) is 10.8 Å². The Morgan fingerprint density at radius 3 is 2.00 bits per heavy atom.